The maximum atomic E-state index is 6.30. The van der Waals surface area contributed by atoms with Gasteiger partial charge in [-0.15, -0.1) is 0 Å². The Labute approximate surface area is 213 Å². The predicted octanol–water partition coefficient (Wildman–Crippen LogP) is 5.86. The number of aryl methyl sites for hydroxylation is 1. The van der Waals surface area contributed by atoms with E-state index in [4.69, 9.17) is 15.7 Å². The number of pyridine rings is 1. The third-order valence-electron chi connectivity index (χ3n) is 6.66. The Hall–Kier alpha value is -3.77. The molecule has 2 aromatic heterocycles. The van der Waals surface area contributed by atoms with E-state index in [-0.39, 0.29) is 11.6 Å². The van der Waals surface area contributed by atoms with Crippen LogP contribution in [0.4, 0.5) is 17.5 Å². The minimum Gasteiger partial charge on any atom is -0.351 e. The van der Waals surface area contributed by atoms with Crippen LogP contribution in [-0.2, 0) is 18.4 Å². The number of nitrogens with one attached hydrogen (secondary N) is 1. The molecule has 0 aliphatic carbocycles. The third-order valence-corrected chi connectivity index (χ3v) is 6.66. The van der Waals surface area contributed by atoms with E-state index in [1.54, 1.807) is 0 Å². The highest BCUT2D eigenvalue weighted by Gasteiger charge is 2.21. The third kappa shape index (κ3) is 5.39. The van der Waals surface area contributed by atoms with Gasteiger partial charge in [0.05, 0.1) is 5.69 Å². The van der Waals surface area contributed by atoms with E-state index in [1.165, 1.54) is 16.8 Å². The lowest BCUT2D eigenvalue weighted by molar-refractivity contribution is 0.553. The molecule has 0 saturated heterocycles. The van der Waals surface area contributed by atoms with Crippen molar-refractivity contribution in [2.75, 3.05) is 16.8 Å². The fraction of sp³-hybridized carbons (Fsp3) is 0.300. The van der Waals surface area contributed by atoms with Crippen LogP contribution in [0.5, 0.6) is 0 Å². The second-order valence-electron chi connectivity index (χ2n) is 10.2. The average molecular weight is 479 g/mol. The second kappa shape index (κ2) is 10.1. The SMILES string of the molecule is CC(Cc1cccc(C(C)(C)N)c1)Nc1nccc(N2CCCc3cnc(-c4ccccc4)cc32)n1. The van der Waals surface area contributed by atoms with E-state index in [2.05, 4.69) is 64.6 Å². The van der Waals surface area contributed by atoms with Gasteiger partial charge in [-0.05, 0) is 68.9 Å². The maximum absolute atomic E-state index is 6.30. The normalized spacial score (nSPS) is 14.3. The Bertz CT molecular complexity index is 1330. The highest BCUT2D eigenvalue weighted by atomic mass is 15.2. The minimum atomic E-state index is -0.356. The first-order valence-electron chi connectivity index (χ1n) is 12.7. The molecule has 3 N–H and O–H groups in total. The van der Waals surface area contributed by atoms with E-state index < -0.39 is 0 Å². The number of benzene rings is 2. The highest BCUT2D eigenvalue weighted by Crippen LogP contribution is 2.35. The number of nitrogens with zero attached hydrogens (tertiary/aromatic N) is 4. The van der Waals surface area contributed by atoms with Crippen LogP contribution < -0.4 is 16.0 Å². The molecule has 3 heterocycles. The quantitative estimate of drug-likeness (QED) is 0.346. The summed E-state index contributed by atoms with van der Waals surface area (Å²) in [5, 5.41) is 3.50. The molecule has 4 aromatic rings. The summed E-state index contributed by atoms with van der Waals surface area (Å²) >= 11 is 0. The molecule has 1 aliphatic heterocycles. The summed E-state index contributed by atoms with van der Waals surface area (Å²) in [6, 6.07) is 23.2. The fourth-order valence-corrected chi connectivity index (χ4v) is 4.76. The Balaban J connectivity index is 1.35. The Morgan fingerprint density at radius 3 is 2.67 bits per heavy atom. The number of fused-ring (bicyclic) bond motifs is 1. The zero-order valence-corrected chi connectivity index (χ0v) is 21.3. The summed E-state index contributed by atoms with van der Waals surface area (Å²) in [5.74, 6) is 1.54. The van der Waals surface area contributed by atoms with Gasteiger partial charge in [-0.2, -0.15) is 4.98 Å². The van der Waals surface area contributed by atoms with E-state index in [0.717, 1.165) is 48.4 Å². The van der Waals surface area contributed by atoms with Gasteiger partial charge in [-0.25, -0.2) is 4.98 Å². The largest absolute Gasteiger partial charge is 0.351 e. The van der Waals surface area contributed by atoms with Crippen LogP contribution in [-0.4, -0.2) is 27.5 Å². The predicted molar refractivity (Wildman–Crippen MR) is 147 cm³/mol. The summed E-state index contributed by atoms with van der Waals surface area (Å²) in [5.41, 5.74) is 12.8. The fourth-order valence-electron chi connectivity index (χ4n) is 4.76. The summed E-state index contributed by atoms with van der Waals surface area (Å²) in [6.45, 7) is 7.14. The lowest BCUT2D eigenvalue weighted by Crippen LogP contribution is -2.29. The molecule has 0 saturated carbocycles. The molecule has 6 heteroatoms. The van der Waals surface area contributed by atoms with Gasteiger partial charge < -0.3 is 16.0 Å². The molecule has 184 valence electrons. The minimum absolute atomic E-state index is 0.166. The zero-order chi connectivity index (χ0) is 25.1. The van der Waals surface area contributed by atoms with Crippen molar-refractivity contribution >= 4 is 17.5 Å². The molecule has 1 unspecified atom stereocenters. The van der Waals surface area contributed by atoms with Crippen molar-refractivity contribution in [3.63, 3.8) is 0 Å². The van der Waals surface area contributed by atoms with Gasteiger partial charge in [-0.1, -0.05) is 54.6 Å². The molecule has 1 atom stereocenters. The molecule has 0 amide bonds. The lowest BCUT2D eigenvalue weighted by atomic mass is 9.93. The van der Waals surface area contributed by atoms with Gasteiger partial charge in [0, 0.05) is 41.8 Å². The Morgan fingerprint density at radius 1 is 1.03 bits per heavy atom. The maximum Gasteiger partial charge on any atom is 0.224 e. The van der Waals surface area contributed by atoms with Gasteiger partial charge in [0.15, 0.2) is 0 Å². The smallest absolute Gasteiger partial charge is 0.224 e. The molecule has 0 bridgehead atoms. The first-order chi connectivity index (χ1) is 17.4. The van der Waals surface area contributed by atoms with Crippen molar-refractivity contribution in [2.45, 2.75) is 51.6 Å². The van der Waals surface area contributed by atoms with Crippen molar-refractivity contribution < 1.29 is 0 Å². The van der Waals surface area contributed by atoms with E-state index >= 15 is 0 Å². The van der Waals surface area contributed by atoms with Gasteiger partial charge in [0.2, 0.25) is 5.95 Å². The zero-order valence-electron chi connectivity index (χ0n) is 21.3. The van der Waals surface area contributed by atoms with E-state index in [9.17, 15) is 0 Å². The van der Waals surface area contributed by atoms with Gasteiger partial charge in [0.1, 0.15) is 5.82 Å². The van der Waals surface area contributed by atoms with Gasteiger partial charge in [-0.3, -0.25) is 4.98 Å². The van der Waals surface area contributed by atoms with Gasteiger partial charge >= 0.3 is 0 Å². The standard InChI is InChI=1S/C30H34N6/c1-21(17-22-9-7-13-25(18-22)30(2,3)31)34-29-32-15-14-28(35-29)36-16-8-12-24-20-33-26(19-27(24)36)23-10-5-4-6-11-23/h4-7,9-11,13-15,18-21H,8,12,16-17,31H2,1-3H3,(H,32,34,35). The topological polar surface area (TPSA) is 80.0 Å². The monoisotopic (exact) mass is 478 g/mol. The first-order valence-corrected chi connectivity index (χ1v) is 12.7. The molecule has 5 rings (SSSR count). The number of hydrogen-bond donors (Lipinski definition) is 2. The molecule has 36 heavy (non-hydrogen) atoms. The van der Waals surface area contributed by atoms with Crippen LogP contribution in [0.3, 0.4) is 0 Å². The Morgan fingerprint density at radius 2 is 1.86 bits per heavy atom. The van der Waals surface area contributed by atoms with Gasteiger partial charge in [0.25, 0.3) is 0 Å². The summed E-state index contributed by atoms with van der Waals surface area (Å²) in [4.78, 5) is 16.4. The van der Waals surface area contributed by atoms with Crippen molar-refractivity contribution in [3.05, 3.63) is 95.8 Å². The number of hydrogen-bond acceptors (Lipinski definition) is 6. The number of nitrogens with two attached hydrogens (primary N) is 1. The molecular formula is C30H34N6. The molecule has 0 fully saturated rings. The van der Waals surface area contributed by atoms with Crippen molar-refractivity contribution in [1.82, 2.24) is 15.0 Å². The molecule has 0 spiro atoms. The van der Waals surface area contributed by atoms with Crippen LogP contribution in [0.15, 0.2) is 79.1 Å². The molecule has 6 nitrogen and oxygen atoms in total. The molecule has 1 aliphatic rings. The van der Waals surface area contributed by atoms with E-state index in [0.29, 0.717) is 5.95 Å². The lowest BCUT2D eigenvalue weighted by Gasteiger charge is -2.30. The summed E-state index contributed by atoms with van der Waals surface area (Å²) < 4.78 is 0. The molecule has 2 aromatic carbocycles. The van der Waals surface area contributed by atoms with Crippen molar-refractivity contribution in [1.29, 1.82) is 0 Å². The van der Waals surface area contributed by atoms with Crippen molar-refractivity contribution in [3.8, 4) is 11.3 Å². The number of rotatable bonds is 7. The molecule has 0 radical (unpaired) electrons. The van der Waals surface area contributed by atoms with E-state index in [1.807, 2.05) is 50.5 Å². The number of anilines is 3. The second-order valence-corrected chi connectivity index (χ2v) is 10.2. The highest BCUT2D eigenvalue weighted by molar-refractivity contribution is 5.72. The van der Waals surface area contributed by atoms with Crippen LogP contribution in [0.2, 0.25) is 0 Å². The van der Waals surface area contributed by atoms with Crippen LogP contribution in [0, 0.1) is 0 Å². The number of aromatic nitrogens is 3. The van der Waals surface area contributed by atoms with Crippen LogP contribution >= 0.6 is 0 Å². The average Bonchev–Trinajstić information content (AvgIpc) is 2.88. The first kappa shape index (κ1) is 23.9. The molecular weight excluding hydrogens is 444 g/mol. The summed E-state index contributed by atoms with van der Waals surface area (Å²) in [6.07, 6.45) is 6.80. The Kier molecular flexibility index (Phi) is 6.70. The summed E-state index contributed by atoms with van der Waals surface area (Å²) in [7, 11) is 0. The van der Waals surface area contributed by atoms with Crippen LogP contribution in [0.25, 0.3) is 11.3 Å². The van der Waals surface area contributed by atoms with Crippen molar-refractivity contribution in [2.24, 2.45) is 5.73 Å². The van der Waals surface area contributed by atoms with Crippen LogP contribution in [0.1, 0.15) is 43.9 Å².